The molecule has 1 N–H and O–H groups in total. The van der Waals surface area contributed by atoms with Crippen LogP contribution in [0.25, 0.3) is 21.8 Å². The van der Waals surface area contributed by atoms with Crippen LogP contribution in [0.1, 0.15) is 50.6 Å². The number of aromatic amines is 1. The molecule has 4 heteroatoms. The summed E-state index contributed by atoms with van der Waals surface area (Å²) in [5.74, 6) is 0. The Bertz CT molecular complexity index is 1010. The van der Waals surface area contributed by atoms with E-state index in [2.05, 4.69) is 50.0 Å². The fourth-order valence-corrected chi connectivity index (χ4v) is 4.29. The van der Waals surface area contributed by atoms with Crippen LogP contribution in [0, 0.1) is 5.41 Å². The molecule has 1 aromatic carbocycles. The van der Waals surface area contributed by atoms with Gasteiger partial charge in [-0.1, -0.05) is 45.4 Å². The van der Waals surface area contributed by atoms with Gasteiger partial charge >= 0.3 is 0 Å². The number of nitrogens with one attached hydrogen (secondary N) is 1. The number of aryl methyl sites for hydroxylation is 1. The Morgan fingerprint density at radius 3 is 2.69 bits per heavy atom. The van der Waals surface area contributed by atoms with Crippen molar-refractivity contribution in [3.8, 4) is 0 Å². The zero-order chi connectivity index (χ0) is 18.5. The molecule has 0 saturated carbocycles. The van der Waals surface area contributed by atoms with Crippen LogP contribution in [0.5, 0.6) is 0 Å². The normalized spacial score (nSPS) is 17.8. The quantitative estimate of drug-likeness (QED) is 0.684. The molecular weight excluding hydrogens is 320 g/mol. The first-order valence-electron chi connectivity index (χ1n) is 9.57. The number of H-pyrrole nitrogens is 1. The number of hydrogen-bond donors (Lipinski definition) is 1. The Hall–Kier alpha value is -2.36. The molecule has 2 aromatic heterocycles. The van der Waals surface area contributed by atoms with Gasteiger partial charge < -0.3 is 9.99 Å². The van der Waals surface area contributed by atoms with Crippen LogP contribution in [0.4, 0.5) is 0 Å². The molecule has 4 rings (SSSR count). The maximum absolute atomic E-state index is 5.19. The van der Waals surface area contributed by atoms with Crippen LogP contribution in [0.3, 0.4) is 0 Å². The monoisotopic (exact) mass is 348 g/mol. The molecule has 0 aliphatic heterocycles. The third kappa shape index (κ3) is 2.77. The standard InChI is InChI=1S/C22H28N4/c1-6-9-16-19-14-10-7-8-11-15(14)24-21(19)20-17(23-16)12-22(2,3)13-18(20)25-26(4)5/h7-8,10-11,24H,6,9,12-13H2,1-5H3. The summed E-state index contributed by atoms with van der Waals surface area (Å²) in [6.07, 6.45) is 4.07. The van der Waals surface area contributed by atoms with Gasteiger partial charge in [0.2, 0.25) is 0 Å². The molecule has 26 heavy (non-hydrogen) atoms. The SMILES string of the molecule is CCCc1nc2c(c3[nH]c4ccccc4c13)C(=NN(C)C)CC(C)(C)C2. The summed E-state index contributed by atoms with van der Waals surface area (Å²) in [7, 11) is 3.99. The Morgan fingerprint density at radius 2 is 1.96 bits per heavy atom. The van der Waals surface area contributed by atoms with E-state index in [0.717, 1.165) is 31.4 Å². The van der Waals surface area contributed by atoms with E-state index < -0.39 is 0 Å². The minimum atomic E-state index is 0.179. The van der Waals surface area contributed by atoms with Gasteiger partial charge in [-0.15, -0.1) is 0 Å². The Morgan fingerprint density at radius 1 is 1.19 bits per heavy atom. The molecule has 0 atom stereocenters. The topological polar surface area (TPSA) is 44.3 Å². The number of aromatic nitrogens is 2. The van der Waals surface area contributed by atoms with Crippen LogP contribution in [-0.2, 0) is 12.8 Å². The fraction of sp³-hybridized carbons (Fsp3) is 0.455. The van der Waals surface area contributed by atoms with Crippen LogP contribution < -0.4 is 0 Å². The average molecular weight is 348 g/mol. The molecule has 136 valence electrons. The molecule has 0 radical (unpaired) electrons. The molecule has 0 amide bonds. The lowest BCUT2D eigenvalue weighted by Crippen LogP contribution is -2.30. The second-order valence-corrected chi connectivity index (χ2v) is 8.46. The van der Waals surface area contributed by atoms with Gasteiger partial charge in [-0.25, -0.2) is 0 Å². The summed E-state index contributed by atoms with van der Waals surface area (Å²) in [5.41, 5.74) is 7.38. The van der Waals surface area contributed by atoms with Crippen molar-refractivity contribution in [2.45, 2.75) is 46.5 Å². The molecule has 0 bridgehead atoms. The van der Waals surface area contributed by atoms with Crippen molar-refractivity contribution in [3.63, 3.8) is 0 Å². The third-order valence-corrected chi connectivity index (χ3v) is 5.19. The first-order chi connectivity index (χ1) is 12.4. The van der Waals surface area contributed by atoms with Gasteiger partial charge in [-0.2, -0.15) is 5.10 Å². The highest BCUT2D eigenvalue weighted by Crippen LogP contribution is 2.40. The van der Waals surface area contributed by atoms with E-state index in [-0.39, 0.29) is 5.41 Å². The molecule has 0 spiro atoms. The van der Waals surface area contributed by atoms with Gasteiger partial charge in [0.25, 0.3) is 0 Å². The van der Waals surface area contributed by atoms with Crippen LogP contribution in [-0.4, -0.2) is 34.8 Å². The van der Waals surface area contributed by atoms with Crippen LogP contribution >= 0.6 is 0 Å². The molecule has 1 aliphatic carbocycles. The van der Waals surface area contributed by atoms with Crippen LogP contribution in [0.2, 0.25) is 0 Å². The fourth-order valence-electron chi connectivity index (χ4n) is 4.29. The van der Waals surface area contributed by atoms with Crippen molar-refractivity contribution >= 4 is 27.5 Å². The van der Waals surface area contributed by atoms with Gasteiger partial charge in [0.05, 0.1) is 22.6 Å². The highest BCUT2D eigenvalue weighted by Gasteiger charge is 2.33. The van der Waals surface area contributed by atoms with E-state index in [1.54, 1.807) is 0 Å². The molecule has 0 unspecified atom stereocenters. The Balaban J connectivity index is 2.11. The zero-order valence-electron chi connectivity index (χ0n) is 16.5. The second kappa shape index (κ2) is 6.11. The second-order valence-electron chi connectivity index (χ2n) is 8.46. The van der Waals surface area contributed by atoms with E-state index in [1.807, 2.05) is 19.1 Å². The first kappa shape index (κ1) is 17.1. The number of para-hydroxylation sites is 1. The molecule has 0 fully saturated rings. The van der Waals surface area contributed by atoms with Crippen molar-refractivity contribution in [2.24, 2.45) is 10.5 Å². The molecule has 1 aliphatic rings. The zero-order valence-corrected chi connectivity index (χ0v) is 16.5. The number of rotatable bonds is 3. The number of pyridine rings is 1. The summed E-state index contributed by atoms with van der Waals surface area (Å²) >= 11 is 0. The summed E-state index contributed by atoms with van der Waals surface area (Å²) in [4.78, 5) is 8.88. The molecule has 2 heterocycles. The van der Waals surface area contributed by atoms with Crippen molar-refractivity contribution in [2.75, 3.05) is 14.1 Å². The number of benzene rings is 1. The summed E-state index contributed by atoms with van der Waals surface area (Å²) < 4.78 is 0. The average Bonchev–Trinajstić information content (AvgIpc) is 2.92. The predicted octanol–water partition coefficient (Wildman–Crippen LogP) is 4.91. The van der Waals surface area contributed by atoms with E-state index in [4.69, 9.17) is 10.1 Å². The van der Waals surface area contributed by atoms with Crippen molar-refractivity contribution in [3.05, 3.63) is 41.2 Å². The predicted molar refractivity (Wildman–Crippen MR) is 110 cm³/mol. The third-order valence-electron chi connectivity index (χ3n) is 5.19. The minimum absolute atomic E-state index is 0.179. The maximum Gasteiger partial charge on any atom is 0.0722 e. The van der Waals surface area contributed by atoms with E-state index >= 15 is 0 Å². The smallest absolute Gasteiger partial charge is 0.0722 e. The highest BCUT2D eigenvalue weighted by atomic mass is 15.4. The van der Waals surface area contributed by atoms with E-state index in [1.165, 1.54) is 38.8 Å². The van der Waals surface area contributed by atoms with Gasteiger partial charge in [-0.3, -0.25) is 4.98 Å². The lowest BCUT2D eigenvalue weighted by Gasteiger charge is -2.32. The van der Waals surface area contributed by atoms with E-state index in [0.29, 0.717) is 0 Å². The first-order valence-corrected chi connectivity index (χ1v) is 9.57. The molecule has 4 nitrogen and oxygen atoms in total. The Kier molecular flexibility index (Phi) is 4.02. The van der Waals surface area contributed by atoms with Crippen molar-refractivity contribution in [1.29, 1.82) is 0 Å². The van der Waals surface area contributed by atoms with Gasteiger partial charge in [0, 0.05) is 35.9 Å². The van der Waals surface area contributed by atoms with E-state index in [9.17, 15) is 0 Å². The largest absolute Gasteiger partial charge is 0.354 e. The van der Waals surface area contributed by atoms with Crippen molar-refractivity contribution < 1.29 is 0 Å². The number of hydrazone groups is 1. The number of nitrogens with zero attached hydrogens (tertiary/aromatic N) is 3. The number of hydrogen-bond acceptors (Lipinski definition) is 3. The molecular formula is C22H28N4. The van der Waals surface area contributed by atoms with Crippen LogP contribution in [0.15, 0.2) is 29.4 Å². The van der Waals surface area contributed by atoms with Crippen molar-refractivity contribution in [1.82, 2.24) is 15.0 Å². The van der Waals surface area contributed by atoms with Gasteiger partial charge in [0.15, 0.2) is 0 Å². The number of fused-ring (bicyclic) bond motifs is 5. The van der Waals surface area contributed by atoms with Gasteiger partial charge in [0.1, 0.15) is 0 Å². The summed E-state index contributed by atoms with van der Waals surface area (Å²) in [6, 6.07) is 8.57. The Labute approximate surface area is 155 Å². The summed E-state index contributed by atoms with van der Waals surface area (Å²) in [6.45, 7) is 6.86. The molecule has 3 aromatic rings. The maximum atomic E-state index is 5.19. The summed E-state index contributed by atoms with van der Waals surface area (Å²) in [5, 5.41) is 9.33. The lowest BCUT2D eigenvalue weighted by atomic mass is 9.74. The van der Waals surface area contributed by atoms with Gasteiger partial charge in [-0.05, 0) is 30.7 Å². The lowest BCUT2D eigenvalue weighted by molar-refractivity contribution is 0.359. The minimum Gasteiger partial charge on any atom is -0.354 e. The highest BCUT2D eigenvalue weighted by molar-refractivity contribution is 6.18. The molecule has 0 saturated heterocycles.